The molecule has 1 aromatic rings. The highest BCUT2D eigenvalue weighted by atomic mass is 16.5. The van der Waals surface area contributed by atoms with Gasteiger partial charge in [0.05, 0.1) is 7.11 Å². The number of amides is 1. The highest BCUT2D eigenvalue weighted by molar-refractivity contribution is 5.88. The average Bonchev–Trinajstić information content (AvgIpc) is 2.25. The molecular weight excluding hydrogens is 204 g/mol. The van der Waals surface area contributed by atoms with Gasteiger partial charge in [-0.15, -0.1) is 0 Å². The Hall–Kier alpha value is -1.55. The number of benzene rings is 1. The lowest BCUT2D eigenvalue weighted by Gasteiger charge is -2.10. The molecule has 0 bridgehead atoms. The van der Waals surface area contributed by atoms with Crippen LogP contribution < -0.4 is 15.8 Å². The van der Waals surface area contributed by atoms with E-state index in [0.29, 0.717) is 6.54 Å². The van der Waals surface area contributed by atoms with E-state index < -0.39 is 0 Å². The maximum atomic E-state index is 10.9. The standard InChI is InChI=1S/C12H18N2O2/c1-9(15)14-11-5-6-12(16-2)10(8-11)4-3-7-13/h5-6,8H,3-4,7,13H2,1-2H3,(H,14,15). The van der Waals surface area contributed by atoms with E-state index in [2.05, 4.69) is 5.32 Å². The number of hydrogen-bond acceptors (Lipinski definition) is 3. The van der Waals surface area contributed by atoms with Crippen LogP contribution in [0.4, 0.5) is 5.69 Å². The monoisotopic (exact) mass is 222 g/mol. The van der Waals surface area contributed by atoms with Crippen molar-refractivity contribution in [3.05, 3.63) is 23.8 Å². The Morgan fingerprint density at radius 3 is 2.81 bits per heavy atom. The molecule has 0 aliphatic carbocycles. The van der Waals surface area contributed by atoms with Crippen molar-refractivity contribution in [2.24, 2.45) is 5.73 Å². The minimum atomic E-state index is -0.0741. The first-order chi connectivity index (χ1) is 7.67. The molecule has 3 N–H and O–H groups in total. The summed E-state index contributed by atoms with van der Waals surface area (Å²) < 4.78 is 5.25. The van der Waals surface area contributed by atoms with Crippen molar-refractivity contribution in [3.8, 4) is 5.75 Å². The Morgan fingerprint density at radius 1 is 1.50 bits per heavy atom. The number of nitrogens with two attached hydrogens (primary N) is 1. The van der Waals surface area contributed by atoms with E-state index in [1.807, 2.05) is 18.2 Å². The molecule has 0 atom stereocenters. The summed E-state index contributed by atoms with van der Waals surface area (Å²) in [6.45, 7) is 2.14. The zero-order valence-corrected chi connectivity index (χ0v) is 9.75. The molecule has 0 radical (unpaired) electrons. The summed E-state index contributed by atoms with van der Waals surface area (Å²) in [4.78, 5) is 10.9. The molecule has 0 heterocycles. The molecule has 16 heavy (non-hydrogen) atoms. The smallest absolute Gasteiger partial charge is 0.221 e. The molecule has 0 spiro atoms. The van der Waals surface area contributed by atoms with Crippen LogP contribution in [0.5, 0.6) is 5.75 Å². The van der Waals surface area contributed by atoms with Crippen LogP contribution in [0.15, 0.2) is 18.2 Å². The minimum absolute atomic E-state index is 0.0741. The summed E-state index contributed by atoms with van der Waals surface area (Å²) >= 11 is 0. The molecule has 0 aliphatic rings. The Morgan fingerprint density at radius 2 is 2.25 bits per heavy atom. The van der Waals surface area contributed by atoms with Crippen molar-refractivity contribution in [1.82, 2.24) is 0 Å². The van der Waals surface area contributed by atoms with Crippen molar-refractivity contribution >= 4 is 11.6 Å². The number of anilines is 1. The maximum absolute atomic E-state index is 10.9. The third-order valence-corrected chi connectivity index (χ3v) is 2.25. The molecule has 1 amide bonds. The fourth-order valence-corrected chi connectivity index (χ4v) is 1.55. The fraction of sp³-hybridized carbons (Fsp3) is 0.417. The normalized spacial score (nSPS) is 9.94. The predicted molar refractivity (Wildman–Crippen MR) is 64.7 cm³/mol. The number of aryl methyl sites for hydroxylation is 1. The largest absolute Gasteiger partial charge is 0.496 e. The van der Waals surface area contributed by atoms with Gasteiger partial charge in [-0.2, -0.15) is 0 Å². The average molecular weight is 222 g/mol. The number of hydrogen-bond donors (Lipinski definition) is 2. The summed E-state index contributed by atoms with van der Waals surface area (Å²) in [7, 11) is 1.64. The number of carbonyl (C=O) groups excluding carboxylic acids is 1. The second kappa shape index (κ2) is 6.12. The fourth-order valence-electron chi connectivity index (χ4n) is 1.55. The molecule has 4 heteroatoms. The molecule has 88 valence electrons. The zero-order chi connectivity index (χ0) is 12.0. The van der Waals surface area contributed by atoms with Crippen molar-refractivity contribution < 1.29 is 9.53 Å². The first kappa shape index (κ1) is 12.5. The van der Waals surface area contributed by atoms with Gasteiger partial charge < -0.3 is 15.8 Å². The topological polar surface area (TPSA) is 64.3 Å². The molecule has 0 aliphatic heterocycles. The van der Waals surface area contributed by atoms with E-state index in [-0.39, 0.29) is 5.91 Å². The summed E-state index contributed by atoms with van der Waals surface area (Å²) in [5.41, 5.74) is 7.34. The zero-order valence-electron chi connectivity index (χ0n) is 9.75. The molecular formula is C12H18N2O2. The van der Waals surface area contributed by atoms with E-state index in [1.54, 1.807) is 7.11 Å². The van der Waals surface area contributed by atoms with Crippen molar-refractivity contribution in [2.75, 3.05) is 19.0 Å². The predicted octanol–water partition coefficient (Wildman–Crippen LogP) is 1.54. The number of methoxy groups -OCH3 is 1. The van der Waals surface area contributed by atoms with E-state index in [9.17, 15) is 4.79 Å². The molecule has 1 aromatic carbocycles. The first-order valence-electron chi connectivity index (χ1n) is 5.32. The Labute approximate surface area is 95.8 Å². The van der Waals surface area contributed by atoms with Crippen LogP contribution in [0.25, 0.3) is 0 Å². The van der Waals surface area contributed by atoms with Gasteiger partial charge in [-0.25, -0.2) is 0 Å². The van der Waals surface area contributed by atoms with Gasteiger partial charge in [0.1, 0.15) is 5.75 Å². The molecule has 0 saturated carbocycles. The first-order valence-corrected chi connectivity index (χ1v) is 5.32. The van der Waals surface area contributed by atoms with Crippen LogP contribution >= 0.6 is 0 Å². The highest BCUT2D eigenvalue weighted by Gasteiger charge is 2.04. The van der Waals surface area contributed by atoms with Crippen LogP contribution in [0.1, 0.15) is 18.9 Å². The lowest BCUT2D eigenvalue weighted by molar-refractivity contribution is -0.114. The molecule has 0 aromatic heterocycles. The summed E-state index contributed by atoms with van der Waals surface area (Å²) in [5.74, 6) is 0.762. The van der Waals surface area contributed by atoms with Crippen LogP contribution in [0, 0.1) is 0 Å². The van der Waals surface area contributed by atoms with Gasteiger partial charge in [-0.3, -0.25) is 4.79 Å². The maximum Gasteiger partial charge on any atom is 0.221 e. The van der Waals surface area contributed by atoms with Crippen molar-refractivity contribution in [2.45, 2.75) is 19.8 Å². The Balaban J connectivity index is 2.87. The number of nitrogens with one attached hydrogen (secondary N) is 1. The van der Waals surface area contributed by atoms with Gasteiger partial charge in [0.25, 0.3) is 0 Å². The third-order valence-electron chi connectivity index (χ3n) is 2.25. The summed E-state index contributed by atoms with van der Waals surface area (Å²) in [5, 5.41) is 2.75. The molecule has 4 nitrogen and oxygen atoms in total. The van der Waals surface area contributed by atoms with E-state index in [0.717, 1.165) is 29.8 Å². The van der Waals surface area contributed by atoms with Crippen LogP contribution in [-0.4, -0.2) is 19.6 Å². The molecule has 0 unspecified atom stereocenters. The number of carbonyl (C=O) groups is 1. The van der Waals surface area contributed by atoms with Crippen LogP contribution in [0.3, 0.4) is 0 Å². The number of rotatable bonds is 5. The van der Waals surface area contributed by atoms with E-state index in [4.69, 9.17) is 10.5 Å². The third kappa shape index (κ3) is 3.55. The Bertz CT molecular complexity index is 364. The van der Waals surface area contributed by atoms with Crippen LogP contribution in [0.2, 0.25) is 0 Å². The summed E-state index contributed by atoms with van der Waals surface area (Å²) in [6, 6.07) is 5.61. The van der Waals surface area contributed by atoms with Gasteiger partial charge in [-0.05, 0) is 43.1 Å². The van der Waals surface area contributed by atoms with E-state index in [1.165, 1.54) is 6.92 Å². The molecule has 0 saturated heterocycles. The van der Waals surface area contributed by atoms with Gasteiger partial charge >= 0.3 is 0 Å². The molecule has 1 rings (SSSR count). The van der Waals surface area contributed by atoms with Crippen LogP contribution in [-0.2, 0) is 11.2 Å². The second-order valence-electron chi connectivity index (χ2n) is 3.60. The van der Waals surface area contributed by atoms with Gasteiger partial charge in [-0.1, -0.05) is 0 Å². The van der Waals surface area contributed by atoms with Crippen molar-refractivity contribution in [3.63, 3.8) is 0 Å². The summed E-state index contributed by atoms with van der Waals surface area (Å²) in [6.07, 6.45) is 1.76. The van der Waals surface area contributed by atoms with Gasteiger partial charge in [0, 0.05) is 12.6 Å². The van der Waals surface area contributed by atoms with Gasteiger partial charge in [0.2, 0.25) is 5.91 Å². The van der Waals surface area contributed by atoms with Gasteiger partial charge in [0.15, 0.2) is 0 Å². The molecule has 0 fully saturated rings. The number of ether oxygens (including phenoxy) is 1. The lowest BCUT2D eigenvalue weighted by Crippen LogP contribution is -2.07. The van der Waals surface area contributed by atoms with Crippen molar-refractivity contribution in [1.29, 1.82) is 0 Å². The highest BCUT2D eigenvalue weighted by Crippen LogP contribution is 2.23. The SMILES string of the molecule is COc1ccc(NC(C)=O)cc1CCCN. The quantitative estimate of drug-likeness (QED) is 0.794. The Kier molecular flexibility index (Phi) is 4.79. The second-order valence-corrected chi connectivity index (χ2v) is 3.60. The van der Waals surface area contributed by atoms with E-state index >= 15 is 0 Å². The lowest BCUT2D eigenvalue weighted by atomic mass is 10.1. The minimum Gasteiger partial charge on any atom is -0.496 e.